The molecule has 0 saturated carbocycles. The average Bonchev–Trinajstić information content (AvgIpc) is 2.16. The van der Waals surface area contributed by atoms with E-state index in [4.69, 9.17) is 0 Å². The highest BCUT2D eigenvalue weighted by atomic mass is 16.2. The molecule has 76 valence electrons. The van der Waals surface area contributed by atoms with Crippen LogP contribution < -0.4 is 10.6 Å². The smallest absolute Gasteiger partial charge is 0.317 e. The number of piperidine rings is 1. The van der Waals surface area contributed by atoms with Gasteiger partial charge in [0.05, 0.1) is 0 Å². The van der Waals surface area contributed by atoms with E-state index in [-0.39, 0.29) is 6.03 Å². The predicted molar refractivity (Wildman–Crippen MR) is 52.7 cm³/mol. The lowest BCUT2D eigenvalue weighted by molar-refractivity contribution is 0.154. The number of amides is 2. The van der Waals surface area contributed by atoms with E-state index in [1.54, 1.807) is 7.05 Å². The topological polar surface area (TPSA) is 44.4 Å². The second-order valence-electron chi connectivity index (χ2n) is 3.66. The Bertz CT molecular complexity index is 184. The maximum atomic E-state index is 11.3. The van der Waals surface area contributed by atoms with E-state index in [1.165, 1.54) is 0 Å². The number of nitrogens with one attached hydrogen (secondary N) is 2. The molecule has 1 saturated heterocycles. The van der Waals surface area contributed by atoms with Crippen LogP contribution in [0.1, 0.15) is 13.3 Å². The van der Waals surface area contributed by atoms with Crippen molar-refractivity contribution in [2.45, 2.75) is 19.4 Å². The van der Waals surface area contributed by atoms with E-state index in [0.29, 0.717) is 12.0 Å². The maximum absolute atomic E-state index is 11.3. The van der Waals surface area contributed by atoms with Crippen LogP contribution in [-0.2, 0) is 0 Å². The predicted octanol–water partition coefficient (Wildman–Crippen LogP) is 0.256. The zero-order valence-electron chi connectivity index (χ0n) is 8.63. The van der Waals surface area contributed by atoms with Gasteiger partial charge in [0.1, 0.15) is 0 Å². The van der Waals surface area contributed by atoms with Gasteiger partial charge in [-0.05, 0) is 19.4 Å². The van der Waals surface area contributed by atoms with Crippen molar-refractivity contribution >= 4 is 6.03 Å². The minimum atomic E-state index is 0.0430. The summed E-state index contributed by atoms with van der Waals surface area (Å²) in [6.07, 6.45) is 1.05. The van der Waals surface area contributed by atoms with Gasteiger partial charge in [-0.1, -0.05) is 6.92 Å². The largest absolute Gasteiger partial charge is 0.341 e. The van der Waals surface area contributed by atoms with Crippen LogP contribution in [0.3, 0.4) is 0 Å². The molecule has 1 heterocycles. The Kier molecular flexibility index (Phi) is 3.54. The van der Waals surface area contributed by atoms with Gasteiger partial charge in [-0.15, -0.1) is 0 Å². The number of urea groups is 1. The van der Waals surface area contributed by atoms with Crippen LogP contribution in [0, 0.1) is 5.92 Å². The molecular formula is C9H19N3O. The Hall–Kier alpha value is -0.770. The molecule has 0 aromatic carbocycles. The number of carbonyl (C=O) groups excluding carboxylic acids is 1. The lowest BCUT2D eigenvalue weighted by atomic mass is 9.94. The number of nitrogens with zero attached hydrogens (tertiary/aromatic N) is 1. The van der Waals surface area contributed by atoms with Crippen LogP contribution in [0.25, 0.3) is 0 Å². The minimum Gasteiger partial charge on any atom is -0.341 e. The van der Waals surface area contributed by atoms with Crippen molar-refractivity contribution in [3.05, 3.63) is 0 Å². The Morgan fingerprint density at radius 3 is 2.62 bits per heavy atom. The van der Waals surface area contributed by atoms with Gasteiger partial charge in [-0.3, -0.25) is 0 Å². The summed E-state index contributed by atoms with van der Waals surface area (Å²) in [4.78, 5) is 13.2. The van der Waals surface area contributed by atoms with E-state index >= 15 is 0 Å². The fourth-order valence-corrected chi connectivity index (χ4v) is 1.92. The highest BCUT2D eigenvalue weighted by Gasteiger charge is 2.26. The number of likely N-dealkylation sites (tertiary alicyclic amines) is 1. The van der Waals surface area contributed by atoms with E-state index in [2.05, 4.69) is 17.6 Å². The molecule has 0 aromatic heterocycles. The summed E-state index contributed by atoms with van der Waals surface area (Å²) in [6.45, 7) is 3.89. The first-order valence-corrected chi connectivity index (χ1v) is 4.83. The van der Waals surface area contributed by atoms with Gasteiger partial charge < -0.3 is 15.5 Å². The molecule has 2 atom stereocenters. The van der Waals surface area contributed by atoms with Gasteiger partial charge in [-0.2, -0.15) is 0 Å². The van der Waals surface area contributed by atoms with E-state index < -0.39 is 0 Å². The number of carbonyl (C=O) groups is 1. The van der Waals surface area contributed by atoms with Crippen LogP contribution in [0.5, 0.6) is 0 Å². The molecular weight excluding hydrogens is 166 g/mol. The number of hydrogen-bond donors (Lipinski definition) is 2. The summed E-state index contributed by atoms with van der Waals surface area (Å²) in [5.74, 6) is 0.538. The summed E-state index contributed by atoms with van der Waals surface area (Å²) in [5.41, 5.74) is 0. The van der Waals surface area contributed by atoms with Gasteiger partial charge in [0.2, 0.25) is 0 Å². The highest BCUT2D eigenvalue weighted by Crippen LogP contribution is 2.15. The summed E-state index contributed by atoms with van der Waals surface area (Å²) < 4.78 is 0. The SMILES string of the molecule is CNC(=O)N1CCC(NC)C(C)C1. The summed E-state index contributed by atoms with van der Waals surface area (Å²) in [5, 5.41) is 5.93. The van der Waals surface area contributed by atoms with Crippen LogP contribution >= 0.6 is 0 Å². The van der Waals surface area contributed by atoms with Crippen LogP contribution in [-0.4, -0.2) is 44.2 Å². The van der Waals surface area contributed by atoms with Gasteiger partial charge >= 0.3 is 6.03 Å². The van der Waals surface area contributed by atoms with Gasteiger partial charge in [-0.25, -0.2) is 4.79 Å². The Balaban J connectivity index is 2.45. The molecule has 0 aliphatic carbocycles. The molecule has 2 amide bonds. The maximum Gasteiger partial charge on any atom is 0.317 e. The second kappa shape index (κ2) is 4.46. The summed E-state index contributed by atoms with van der Waals surface area (Å²) in [6, 6.07) is 0.599. The fourth-order valence-electron chi connectivity index (χ4n) is 1.92. The molecule has 4 heteroatoms. The molecule has 0 spiro atoms. The van der Waals surface area contributed by atoms with Crippen molar-refractivity contribution in [3.8, 4) is 0 Å². The molecule has 1 aliphatic rings. The lowest BCUT2D eigenvalue weighted by Gasteiger charge is -2.36. The highest BCUT2D eigenvalue weighted by molar-refractivity contribution is 5.73. The standard InChI is InChI=1S/C9H19N3O/c1-7-6-12(9(13)11-3)5-4-8(7)10-2/h7-8,10H,4-6H2,1-3H3,(H,11,13). The van der Waals surface area contributed by atoms with Crippen molar-refractivity contribution in [2.24, 2.45) is 5.92 Å². The van der Waals surface area contributed by atoms with Crippen molar-refractivity contribution < 1.29 is 4.79 Å². The zero-order valence-corrected chi connectivity index (χ0v) is 8.63. The molecule has 1 fully saturated rings. The van der Waals surface area contributed by atoms with Crippen molar-refractivity contribution in [1.29, 1.82) is 0 Å². The Morgan fingerprint density at radius 2 is 2.15 bits per heavy atom. The minimum absolute atomic E-state index is 0.0430. The summed E-state index contributed by atoms with van der Waals surface area (Å²) in [7, 11) is 3.66. The van der Waals surface area contributed by atoms with Crippen LogP contribution in [0.4, 0.5) is 4.79 Å². The average molecular weight is 185 g/mol. The Labute approximate surface area is 79.7 Å². The Morgan fingerprint density at radius 1 is 1.46 bits per heavy atom. The van der Waals surface area contributed by atoms with Crippen molar-refractivity contribution in [2.75, 3.05) is 27.2 Å². The summed E-state index contributed by atoms with van der Waals surface area (Å²) >= 11 is 0. The molecule has 0 bridgehead atoms. The molecule has 2 N–H and O–H groups in total. The number of hydrogen-bond acceptors (Lipinski definition) is 2. The fraction of sp³-hybridized carbons (Fsp3) is 0.889. The van der Waals surface area contributed by atoms with E-state index in [0.717, 1.165) is 19.5 Å². The number of rotatable bonds is 1. The van der Waals surface area contributed by atoms with Crippen LogP contribution in [0.15, 0.2) is 0 Å². The quantitative estimate of drug-likeness (QED) is 0.615. The van der Waals surface area contributed by atoms with Crippen molar-refractivity contribution in [1.82, 2.24) is 15.5 Å². The van der Waals surface area contributed by atoms with E-state index in [9.17, 15) is 4.79 Å². The zero-order chi connectivity index (χ0) is 9.84. The molecule has 1 aliphatic heterocycles. The molecule has 13 heavy (non-hydrogen) atoms. The molecule has 4 nitrogen and oxygen atoms in total. The first kappa shape index (κ1) is 10.3. The van der Waals surface area contributed by atoms with Gasteiger partial charge in [0, 0.05) is 26.2 Å². The third kappa shape index (κ3) is 2.34. The molecule has 2 unspecified atom stereocenters. The van der Waals surface area contributed by atoms with Crippen molar-refractivity contribution in [3.63, 3.8) is 0 Å². The normalized spacial score (nSPS) is 28.7. The van der Waals surface area contributed by atoms with Crippen LogP contribution in [0.2, 0.25) is 0 Å². The molecule has 0 radical (unpaired) electrons. The first-order chi connectivity index (χ1) is 6.19. The molecule has 1 rings (SSSR count). The van der Waals surface area contributed by atoms with Gasteiger partial charge in [0.15, 0.2) is 0 Å². The lowest BCUT2D eigenvalue weighted by Crippen LogP contribution is -2.51. The monoisotopic (exact) mass is 185 g/mol. The molecule has 0 aromatic rings. The van der Waals surface area contributed by atoms with E-state index in [1.807, 2.05) is 11.9 Å². The first-order valence-electron chi connectivity index (χ1n) is 4.83. The van der Waals surface area contributed by atoms with Gasteiger partial charge in [0.25, 0.3) is 0 Å². The third-order valence-electron chi connectivity index (χ3n) is 2.78. The second-order valence-corrected chi connectivity index (χ2v) is 3.66. The third-order valence-corrected chi connectivity index (χ3v) is 2.78.